The van der Waals surface area contributed by atoms with E-state index < -0.39 is 0 Å². The van der Waals surface area contributed by atoms with E-state index in [-0.39, 0.29) is 0 Å². The molecule has 1 saturated heterocycles. The molecule has 110 valence electrons. The summed E-state index contributed by atoms with van der Waals surface area (Å²) in [5.74, 6) is 1.77. The van der Waals surface area contributed by atoms with Crippen molar-refractivity contribution in [3.05, 3.63) is 47.2 Å². The Labute approximate surface area is 137 Å². The maximum absolute atomic E-state index is 4.85. The normalized spacial score (nSPS) is 14.7. The van der Waals surface area contributed by atoms with Gasteiger partial charge in [0.15, 0.2) is 5.82 Å². The van der Waals surface area contributed by atoms with Gasteiger partial charge in [-0.2, -0.15) is 0 Å². The SMILES string of the molecule is Brc1ccc2nc(-c3cccnc3)nc(N3CCCC3)c2c1. The largest absolute Gasteiger partial charge is 0.356 e. The second kappa shape index (κ2) is 5.65. The minimum Gasteiger partial charge on any atom is -0.356 e. The molecule has 0 unspecified atom stereocenters. The Balaban J connectivity index is 1.95. The molecule has 1 aromatic carbocycles. The van der Waals surface area contributed by atoms with E-state index in [1.165, 1.54) is 12.8 Å². The van der Waals surface area contributed by atoms with Gasteiger partial charge in [0, 0.05) is 40.9 Å². The molecule has 5 heteroatoms. The highest BCUT2D eigenvalue weighted by Crippen LogP contribution is 2.31. The first-order valence-corrected chi connectivity index (χ1v) is 8.23. The number of hydrogen-bond acceptors (Lipinski definition) is 4. The van der Waals surface area contributed by atoms with Gasteiger partial charge in [-0.3, -0.25) is 4.98 Å². The van der Waals surface area contributed by atoms with Gasteiger partial charge in [-0.15, -0.1) is 0 Å². The maximum atomic E-state index is 4.85. The van der Waals surface area contributed by atoms with E-state index in [4.69, 9.17) is 9.97 Å². The van der Waals surface area contributed by atoms with Crippen LogP contribution in [-0.4, -0.2) is 28.0 Å². The summed E-state index contributed by atoms with van der Waals surface area (Å²) in [5.41, 5.74) is 1.92. The van der Waals surface area contributed by atoms with Crippen LogP contribution in [0.15, 0.2) is 47.2 Å². The molecule has 2 aromatic heterocycles. The summed E-state index contributed by atoms with van der Waals surface area (Å²) in [5, 5.41) is 1.10. The quantitative estimate of drug-likeness (QED) is 0.695. The molecule has 4 nitrogen and oxygen atoms in total. The Morgan fingerprint density at radius 1 is 1.05 bits per heavy atom. The number of aromatic nitrogens is 3. The van der Waals surface area contributed by atoms with Crippen molar-refractivity contribution in [3.8, 4) is 11.4 Å². The lowest BCUT2D eigenvalue weighted by molar-refractivity contribution is 0.941. The third-order valence-electron chi connectivity index (χ3n) is 3.96. The minimum atomic E-state index is 0.741. The summed E-state index contributed by atoms with van der Waals surface area (Å²) in [6.45, 7) is 2.12. The zero-order chi connectivity index (χ0) is 14.9. The molecule has 1 fully saturated rings. The zero-order valence-electron chi connectivity index (χ0n) is 12.0. The number of halogens is 1. The molecule has 0 radical (unpaired) electrons. The summed E-state index contributed by atoms with van der Waals surface area (Å²) in [7, 11) is 0. The van der Waals surface area contributed by atoms with Gasteiger partial charge in [-0.25, -0.2) is 9.97 Å². The molecule has 0 atom stereocenters. The summed E-state index contributed by atoms with van der Waals surface area (Å²) < 4.78 is 1.05. The van der Waals surface area contributed by atoms with Crippen molar-refractivity contribution in [1.82, 2.24) is 15.0 Å². The highest BCUT2D eigenvalue weighted by atomic mass is 79.9. The van der Waals surface area contributed by atoms with Crippen molar-refractivity contribution in [1.29, 1.82) is 0 Å². The van der Waals surface area contributed by atoms with Crippen LogP contribution in [0.1, 0.15) is 12.8 Å². The maximum Gasteiger partial charge on any atom is 0.163 e. The van der Waals surface area contributed by atoms with Gasteiger partial charge in [0.2, 0.25) is 0 Å². The van der Waals surface area contributed by atoms with Crippen molar-refractivity contribution < 1.29 is 0 Å². The van der Waals surface area contributed by atoms with Crippen LogP contribution >= 0.6 is 15.9 Å². The van der Waals surface area contributed by atoms with Crippen molar-refractivity contribution in [3.63, 3.8) is 0 Å². The topological polar surface area (TPSA) is 41.9 Å². The zero-order valence-corrected chi connectivity index (χ0v) is 13.6. The average Bonchev–Trinajstić information content (AvgIpc) is 3.09. The van der Waals surface area contributed by atoms with Crippen molar-refractivity contribution in [2.45, 2.75) is 12.8 Å². The molecular weight excluding hydrogens is 340 g/mol. The first-order valence-electron chi connectivity index (χ1n) is 7.44. The molecule has 0 saturated carbocycles. The molecule has 3 heterocycles. The van der Waals surface area contributed by atoms with Gasteiger partial charge in [-0.05, 0) is 43.2 Å². The molecule has 3 aromatic rings. The molecule has 0 N–H and O–H groups in total. The van der Waals surface area contributed by atoms with E-state index in [0.29, 0.717) is 0 Å². The first kappa shape index (κ1) is 13.6. The lowest BCUT2D eigenvalue weighted by Crippen LogP contribution is -2.20. The molecule has 22 heavy (non-hydrogen) atoms. The van der Waals surface area contributed by atoms with Gasteiger partial charge in [0.05, 0.1) is 5.52 Å². The smallest absolute Gasteiger partial charge is 0.163 e. The molecule has 0 amide bonds. The van der Waals surface area contributed by atoms with E-state index in [0.717, 1.165) is 45.7 Å². The highest BCUT2D eigenvalue weighted by molar-refractivity contribution is 9.10. The van der Waals surface area contributed by atoms with Gasteiger partial charge in [0.1, 0.15) is 5.82 Å². The van der Waals surface area contributed by atoms with Crippen molar-refractivity contribution >= 4 is 32.7 Å². The van der Waals surface area contributed by atoms with Crippen LogP contribution in [0.2, 0.25) is 0 Å². The van der Waals surface area contributed by atoms with E-state index in [2.05, 4.69) is 31.9 Å². The number of benzene rings is 1. The lowest BCUT2D eigenvalue weighted by Gasteiger charge is -2.19. The van der Waals surface area contributed by atoms with E-state index >= 15 is 0 Å². The fraction of sp³-hybridized carbons (Fsp3) is 0.235. The van der Waals surface area contributed by atoms with Crippen LogP contribution in [0, 0.1) is 0 Å². The molecule has 0 bridgehead atoms. The first-order chi connectivity index (χ1) is 10.8. The molecule has 0 aliphatic carbocycles. The lowest BCUT2D eigenvalue weighted by atomic mass is 10.2. The van der Waals surface area contributed by atoms with Crippen molar-refractivity contribution in [2.75, 3.05) is 18.0 Å². The number of pyridine rings is 1. The van der Waals surface area contributed by atoms with Crippen LogP contribution in [0.5, 0.6) is 0 Å². The summed E-state index contributed by atoms with van der Waals surface area (Å²) in [6, 6.07) is 10.1. The summed E-state index contributed by atoms with van der Waals surface area (Å²) in [4.78, 5) is 16.1. The molecule has 4 rings (SSSR count). The standard InChI is InChI=1S/C17H15BrN4/c18-13-5-6-15-14(10-13)17(22-8-1-2-9-22)21-16(20-15)12-4-3-7-19-11-12/h3-7,10-11H,1-2,8-9H2. The van der Waals surface area contributed by atoms with Crippen LogP contribution in [0.4, 0.5) is 5.82 Å². The predicted octanol–water partition coefficient (Wildman–Crippen LogP) is 4.05. The average molecular weight is 355 g/mol. The fourth-order valence-electron chi connectivity index (χ4n) is 2.88. The van der Waals surface area contributed by atoms with Crippen LogP contribution < -0.4 is 4.90 Å². The highest BCUT2D eigenvalue weighted by Gasteiger charge is 2.18. The summed E-state index contributed by atoms with van der Waals surface area (Å²) in [6.07, 6.45) is 6.03. The third kappa shape index (κ3) is 2.46. The minimum absolute atomic E-state index is 0.741. The Hall–Kier alpha value is -2.01. The van der Waals surface area contributed by atoms with Crippen molar-refractivity contribution in [2.24, 2.45) is 0 Å². The van der Waals surface area contributed by atoms with Gasteiger partial charge >= 0.3 is 0 Å². The predicted molar refractivity (Wildman–Crippen MR) is 91.9 cm³/mol. The number of anilines is 1. The Kier molecular flexibility index (Phi) is 3.50. The van der Waals surface area contributed by atoms with Crippen LogP contribution in [0.3, 0.4) is 0 Å². The van der Waals surface area contributed by atoms with Gasteiger partial charge in [-0.1, -0.05) is 15.9 Å². The molecule has 1 aliphatic heterocycles. The molecule has 1 aliphatic rings. The van der Waals surface area contributed by atoms with E-state index in [1.54, 1.807) is 6.20 Å². The Bertz CT molecular complexity index is 814. The Morgan fingerprint density at radius 2 is 1.91 bits per heavy atom. The summed E-state index contributed by atoms with van der Waals surface area (Å²) >= 11 is 3.55. The number of hydrogen-bond donors (Lipinski definition) is 0. The van der Waals surface area contributed by atoms with E-state index in [9.17, 15) is 0 Å². The number of rotatable bonds is 2. The number of fused-ring (bicyclic) bond motifs is 1. The Morgan fingerprint density at radius 3 is 2.68 bits per heavy atom. The van der Waals surface area contributed by atoms with Crippen LogP contribution in [0.25, 0.3) is 22.3 Å². The van der Waals surface area contributed by atoms with Gasteiger partial charge in [0.25, 0.3) is 0 Å². The van der Waals surface area contributed by atoms with Gasteiger partial charge < -0.3 is 4.90 Å². The second-order valence-electron chi connectivity index (χ2n) is 5.47. The molecular formula is C17H15BrN4. The van der Waals surface area contributed by atoms with E-state index in [1.807, 2.05) is 30.5 Å². The molecule has 0 spiro atoms. The third-order valence-corrected chi connectivity index (χ3v) is 4.46. The monoisotopic (exact) mass is 354 g/mol. The van der Waals surface area contributed by atoms with Crippen LogP contribution in [-0.2, 0) is 0 Å². The second-order valence-corrected chi connectivity index (χ2v) is 6.38. The number of nitrogens with zero attached hydrogens (tertiary/aromatic N) is 4. The fourth-order valence-corrected chi connectivity index (χ4v) is 3.24.